The first-order chi connectivity index (χ1) is 13.1. The van der Waals surface area contributed by atoms with Crippen molar-refractivity contribution in [3.8, 4) is 10.4 Å². The van der Waals surface area contributed by atoms with E-state index in [1.165, 1.54) is 0 Å². The van der Waals surface area contributed by atoms with Crippen molar-refractivity contribution in [2.45, 2.75) is 26.7 Å². The van der Waals surface area contributed by atoms with Crippen molar-refractivity contribution < 1.29 is 4.79 Å². The highest BCUT2D eigenvalue weighted by Crippen LogP contribution is 2.33. The topological polar surface area (TPSA) is 58.1 Å². The van der Waals surface area contributed by atoms with Crippen molar-refractivity contribution in [2.24, 2.45) is 5.41 Å². The summed E-state index contributed by atoms with van der Waals surface area (Å²) in [5.74, 6) is 0.691. The molecule has 6 heteroatoms. The number of likely N-dealkylation sites (tertiary alicyclic amines) is 1. The van der Waals surface area contributed by atoms with Crippen LogP contribution in [-0.4, -0.2) is 40.4 Å². The number of carbonyl (C=O) groups is 1. The lowest BCUT2D eigenvalue weighted by Gasteiger charge is -2.37. The number of nitrogens with one attached hydrogen (secondary N) is 1. The molecule has 0 bridgehead atoms. The number of amides is 1. The number of hydrogen-bond acceptors (Lipinski definition) is 5. The molecule has 1 amide bonds. The zero-order chi connectivity index (χ0) is 18.9. The molecule has 4 rings (SSSR count). The number of pyridine rings is 1. The summed E-state index contributed by atoms with van der Waals surface area (Å²) in [4.78, 5) is 25.0. The Morgan fingerprint density at radius 1 is 1.22 bits per heavy atom. The van der Waals surface area contributed by atoms with E-state index in [0.717, 1.165) is 53.7 Å². The van der Waals surface area contributed by atoms with E-state index in [1.54, 1.807) is 11.3 Å². The first-order valence-electron chi connectivity index (χ1n) is 9.40. The molecule has 1 fully saturated rings. The molecule has 0 atom stereocenters. The highest BCUT2D eigenvalue weighted by atomic mass is 32.1. The van der Waals surface area contributed by atoms with Crippen molar-refractivity contribution in [3.05, 3.63) is 42.2 Å². The zero-order valence-corrected chi connectivity index (χ0v) is 16.6. The second-order valence-corrected chi connectivity index (χ2v) is 8.33. The summed E-state index contributed by atoms with van der Waals surface area (Å²) in [6.45, 7) is 7.24. The van der Waals surface area contributed by atoms with Crippen LogP contribution in [0.1, 0.15) is 26.7 Å². The Kier molecular flexibility index (Phi) is 4.93. The van der Waals surface area contributed by atoms with Gasteiger partial charge in [0.25, 0.3) is 0 Å². The van der Waals surface area contributed by atoms with Gasteiger partial charge in [0, 0.05) is 23.2 Å². The highest BCUT2D eigenvalue weighted by Gasteiger charge is 2.36. The normalized spacial score (nSPS) is 17.1. The van der Waals surface area contributed by atoms with E-state index in [0.29, 0.717) is 5.82 Å². The van der Waals surface area contributed by atoms with E-state index in [1.807, 2.05) is 24.0 Å². The maximum atomic E-state index is 12.9. The van der Waals surface area contributed by atoms with Gasteiger partial charge >= 0.3 is 0 Å². The fraction of sp³-hybridized carbons (Fsp3) is 0.381. The summed E-state index contributed by atoms with van der Waals surface area (Å²) in [5, 5.41) is 5.18. The van der Waals surface area contributed by atoms with Crippen LogP contribution >= 0.6 is 11.3 Å². The lowest BCUT2D eigenvalue weighted by Crippen LogP contribution is -2.44. The first kappa shape index (κ1) is 18.1. The lowest BCUT2D eigenvalue weighted by atomic mass is 9.79. The van der Waals surface area contributed by atoms with Crippen LogP contribution in [0.3, 0.4) is 0 Å². The number of carbonyl (C=O) groups excluding carboxylic acids is 1. The molecule has 3 aromatic rings. The quantitative estimate of drug-likeness (QED) is 0.728. The van der Waals surface area contributed by atoms with Gasteiger partial charge in [-0.05, 0) is 55.6 Å². The summed E-state index contributed by atoms with van der Waals surface area (Å²) in [6, 6.07) is 8.23. The summed E-state index contributed by atoms with van der Waals surface area (Å²) in [7, 11) is 0. The van der Waals surface area contributed by atoms with Gasteiger partial charge in [-0.15, -0.1) is 11.3 Å². The average Bonchev–Trinajstić information content (AvgIpc) is 3.23. The third kappa shape index (κ3) is 3.73. The van der Waals surface area contributed by atoms with Crippen molar-refractivity contribution in [3.63, 3.8) is 0 Å². The molecule has 1 aliphatic heterocycles. The summed E-state index contributed by atoms with van der Waals surface area (Å²) in [5.41, 5.74) is 2.64. The lowest BCUT2D eigenvalue weighted by molar-refractivity contribution is -0.127. The number of fused-ring (bicyclic) bond motifs is 1. The van der Waals surface area contributed by atoms with Crippen LogP contribution in [0.5, 0.6) is 0 Å². The van der Waals surface area contributed by atoms with Gasteiger partial charge < -0.3 is 10.2 Å². The van der Waals surface area contributed by atoms with E-state index in [-0.39, 0.29) is 11.3 Å². The number of benzene rings is 1. The van der Waals surface area contributed by atoms with E-state index in [4.69, 9.17) is 0 Å². The highest BCUT2D eigenvalue weighted by molar-refractivity contribution is 7.13. The fourth-order valence-electron chi connectivity index (χ4n) is 3.58. The molecule has 140 valence electrons. The van der Waals surface area contributed by atoms with E-state index < -0.39 is 0 Å². The van der Waals surface area contributed by atoms with Gasteiger partial charge in [-0.2, -0.15) is 0 Å². The smallest absolute Gasteiger partial charge is 0.231 e. The molecular formula is C21H24N4OS. The van der Waals surface area contributed by atoms with Crippen molar-refractivity contribution >= 4 is 33.8 Å². The molecule has 3 heterocycles. The van der Waals surface area contributed by atoms with Crippen molar-refractivity contribution in [1.29, 1.82) is 0 Å². The second kappa shape index (κ2) is 7.37. The number of hydrogen-bond donors (Lipinski definition) is 1. The second-order valence-electron chi connectivity index (χ2n) is 7.45. The summed E-state index contributed by atoms with van der Waals surface area (Å²) >= 11 is 1.62. The third-order valence-electron chi connectivity index (χ3n) is 5.64. The Balaban J connectivity index is 1.54. The van der Waals surface area contributed by atoms with Crippen LogP contribution in [-0.2, 0) is 4.79 Å². The molecule has 1 N–H and O–H groups in total. The number of anilines is 1. The van der Waals surface area contributed by atoms with Gasteiger partial charge in [-0.1, -0.05) is 26.0 Å². The maximum Gasteiger partial charge on any atom is 0.231 e. The van der Waals surface area contributed by atoms with Gasteiger partial charge in [0.15, 0.2) is 0 Å². The van der Waals surface area contributed by atoms with Gasteiger partial charge in [-0.3, -0.25) is 9.78 Å². The van der Waals surface area contributed by atoms with E-state index in [9.17, 15) is 4.79 Å². The molecule has 0 unspecified atom stereocenters. The van der Waals surface area contributed by atoms with Crippen molar-refractivity contribution in [2.75, 3.05) is 25.0 Å². The molecule has 1 saturated heterocycles. The molecule has 5 nitrogen and oxygen atoms in total. The molecule has 0 saturated carbocycles. The number of piperidine rings is 1. The minimum atomic E-state index is -0.327. The van der Waals surface area contributed by atoms with E-state index in [2.05, 4.69) is 52.2 Å². The van der Waals surface area contributed by atoms with Crippen molar-refractivity contribution in [1.82, 2.24) is 14.9 Å². The molecular weight excluding hydrogens is 356 g/mol. The Morgan fingerprint density at radius 2 is 2.04 bits per heavy atom. The molecule has 0 aliphatic carbocycles. The first-order valence-corrected chi connectivity index (χ1v) is 10.3. The minimum absolute atomic E-state index is 0.0729. The average molecular weight is 381 g/mol. The number of thiazole rings is 1. The number of aromatic nitrogens is 2. The molecule has 0 spiro atoms. The SMILES string of the molecule is CCN1CCC(C)(C(=O)Nc2cc3cc(-c4cncs4)ccc3cn2)CC1. The maximum absolute atomic E-state index is 12.9. The van der Waals surface area contributed by atoms with Gasteiger partial charge in [0.2, 0.25) is 5.91 Å². The van der Waals surface area contributed by atoms with Crippen LogP contribution in [0.25, 0.3) is 21.2 Å². The van der Waals surface area contributed by atoms with E-state index >= 15 is 0 Å². The van der Waals surface area contributed by atoms with Gasteiger partial charge in [0.05, 0.1) is 10.4 Å². The molecule has 1 aliphatic rings. The van der Waals surface area contributed by atoms with Crippen LogP contribution in [0.4, 0.5) is 5.82 Å². The number of rotatable bonds is 4. The standard InChI is InChI=1S/C21H24N4OS/c1-3-25-8-6-21(2,7-9-25)20(26)24-19-11-17-10-15(18-13-22-14-27-18)4-5-16(17)12-23-19/h4-5,10-14H,3,6-9H2,1-2H3,(H,23,24,26). The Labute approximate surface area is 163 Å². The minimum Gasteiger partial charge on any atom is -0.310 e. The fourth-order valence-corrected chi connectivity index (χ4v) is 4.20. The predicted molar refractivity (Wildman–Crippen MR) is 111 cm³/mol. The summed E-state index contributed by atoms with van der Waals surface area (Å²) < 4.78 is 0. The van der Waals surface area contributed by atoms with Crippen LogP contribution in [0.2, 0.25) is 0 Å². The Morgan fingerprint density at radius 3 is 2.74 bits per heavy atom. The van der Waals surface area contributed by atoms with Crippen LogP contribution in [0.15, 0.2) is 42.2 Å². The molecule has 2 aromatic heterocycles. The van der Waals surface area contributed by atoms with Gasteiger partial charge in [0.1, 0.15) is 5.82 Å². The Bertz CT molecular complexity index is 946. The third-order valence-corrected chi connectivity index (χ3v) is 6.46. The van der Waals surface area contributed by atoms with Crippen LogP contribution in [0, 0.1) is 5.41 Å². The van der Waals surface area contributed by atoms with Gasteiger partial charge in [-0.25, -0.2) is 4.98 Å². The largest absolute Gasteiger partial charge is 0.310 e. The van der Waals surface area contributed by atoms with Crippen LogP contribution < -0.4 is 5.32 Å². The predicted octanol–water partition coefficient (Wildman–Crippen LogP) is 4.42. The monoisotopic (exact) mass is 380 g/mol. The molecule has 0 radical (unpaired) electrons. The molecule has 1 aromatic carbocycles. The summed E-state index contributed by atoms with van der Waals surface area (Å²) in [6.07, 6.45) is 5.47. The number of nitrogens with zero attached hydrogens (tertiary/aromatic N) is 3. The molecule has 27 heavy (non-hydrogen) atoms. The Hall–Kier alpha value is -2.31. The zero-order valence-electron chi connectivity index (χ0n) is 15.7.